The van der Waals surface area contributed by atoms with Crippen molar-refractivity contribution in [2.75, 3.05) is 13.1 Å². The van der Waals surface area contributed by atoms with Crippen molar-refractivity contribution in [2.45, 2.75) is 32.7 Å². The molecule has 0 bridgehead atoms. The SMILES string of the molecule is CC1CC1NC(=O)C1(C)CCNC1. The van der Waals surface area contributed by atoms with E-state index in [0.29, 0.717) is 12.0 Å². The molecular weight excluding hydrogens is 164 g/mol. The van der Waals surface area contributed by atoms with Crippen molar-refractivity contribution >= 4 is 5.91 Å². The van der Waals surface area contributed by atoms with Crippen molar-refractivity contribution < 1.29 is 4.79 Å². The zero-order valence-corrected chi connectivity index (χ0v) is 8.39. The van der Waals surface area contributed by atoms with Gasteiger partial charge < -0.3 is 10.6 Å². The molecule has 2 aliphatic rings. The highest BCUT2D eigenvalue weighted by Crippen LogP contribution is 2.32. The average molecular weight is 182 g/mol. The predicted molar refractivity (Wildman–Crippen MR) is 51.3 cm³/mol. The van der Waals surface area contributed by atoms with Crippen LogP contribution in [-0.2, 0) is 4.79 Å². The number of hydrogen-bond acceptors (Lipinski definition) is 2. The van der Waals surface area contributed by atoms with Gasteiger partial charge in [0, 0.05) is 12.6 Å². The van der Waals surface area contributed by atoms with E-state index in [-0.39, 0.29) is 11.3 Å². The van der Waals surface area contributed by atoms with E-state index >= 15 is 0 Å². The Morgan fingerprint density at radius 1 is 1.62 bits per heavy atom. The Morgan fingerprint density at radius 3 is 2.77 bits per heavy atom. The van der Waals surface area contributed by atoms with Crippen molar-refractivity contribution in [1.82, 2.24) is 10.6 Å². The third-order valence-electron chi connectivity index (χ3n) is 3.34. The molecule has 1 saturated heterocycles. The minimum absolute atomic E-state index is 0.150. The van der Waals surface area contributed by atoms with Crippen LogP contribution in [0.3, 0.4) is 0 Å². The lowest BCUT2D eigenvalue weighted by Crippen LogP contribution is -2.41. The fraction of sp³-hybridized carbons (Fsp3) is 0.900. The average Bonchev–Trinajstić information content (AvgIpc) is 2.62. The van der Waals surface area contributed by atoms with E-state index in [1.54, 1.807) is 0 Å². The molecule has 1 aliphatic heterocycles. The van der Waals surface area contributed by atoms with Crippen molar-refractivity contribution in [2.24, 2.45) is 11.3 Å². The summed E-state index contributed by atoms with van der Waals surface area (Å²) >= 11 is 0. The van der Waals surface area contributed by atoms with Gasteiger partial charge in [0.2, 0.25) is 5.91 Å². The second-order valence-electron chi connectivity index (χ2n) is 4.78. The minimum atomic E-state index is -0.150. The van der Waals surface area contributed by atoms with Gasteiger partial charge in [0.25, 0.3) is 0 Å². The maximum absolute atomic E-state index is 11.8. The monoisotopic (exact) mass is 182 g/mol. The number of rotatable bonds is 2. The Kier molecular flexibility index (Phi) is 2.06. The largest absolute Gasteiger partial charge is 0.353 e. The van der Waals surface area contributed by atoms with E-state index in [1.165, 1.54) is 0 Å². The van der Waals surface area contributed by atoms with E-state index < -0.39 is 0 Å². The molecule has 1 heterocycles. The lowest BCUT2D eigenvalue weighted by atomic mass is 9.89. The van der Waals surface area contributed by atoms with E-state index in [4.69, 9.17) is 0 Å². The first-order chi connectivity index (χ1) is 6.12. The van der Waals surface area contributed by atoms with Gasteiger partial charge in [-0.1, -0.05) is 6.92 Å². The molecule has 13 heavy (non-hydrogen) atoms. The predicted octanol–water partition coefficient (Wildman–Crippen LogP) is 0.511. The van der Waals surface area contributed by atoms with Gasteiger partial charge in [-0.25, -0.2) is 0 Å². The molecule has 2 N–H and O–H groups in total. The van der Waals surface area contributed by atoms with Gasteiger partial charge in [0.1, 0.15) is 0 Å². The van der Waals surface area contributed by atoms with Crippen LogP contribution in [0.25, 0.3) is 0 Å². The van der Waals surface area contributed by atoms with Gasteiger partial charge in [-0.05, 0) is 32.2 Å². The summed E-state index contributed by atoms with van der Waals surface area (Å²) < 4.78 is 0. The Morgan fingerprint density at radius 2 is 2.31 bits per heavy atom. The highest BCUT2D eigenvalue weighted by atomic mass is 16.2. The third-order valence-corrected chi connectivity index (χ3v) is 3.34. The quantitative estimate of drug-likeness (QED) is 0.653. The van der Waals surface area contributed by atoms with Crippen molar-refractivity contribution in [1.29, 1.82) is 0 Å². The number of amides is 1. The van der Waals surface area contributed by atoms with Gasteiger partial charge in [0.15, 0.2) is 0 Å². The summed E-state index contributed by atoms with van der Waals surface area (Å²) in [6.07, 6.45) is 2.13. The van der Waals surface area contributed by atoms with Crippen LogP contribution in [-0.4, -0.2) is 25.0 Å². The second kappa shape index (κ2) is 2.98. The van der Waals surface area contributed by atoms with Crippen LogP contribution in [0.15, 0.2) is 0 Å². The summed E-state index contributed by atoms with van der Waals surface area (Å²) in [6.45, 7) is 6.04. The Balaban J connectivity index is 1.88. The van der Waals surface area contributed by atoms with Gasteiger partial charge in [-0.3, -0.25) is 4.79 Å². The molecule has 0 aromatic rings. The fourth-order valence-corrected chi connectivity index (χ4v) is 1.88. The number of carbonyl (C=O) groups is 1. The molecule has 2 fully saturated rings. The van der Waals surface area contributed by atoms with Crippen LogP contribution in [0.5, 0.6) is 0 Å². The van der Waals surface area contributed by atoms with Crippen LogP contribution in [0, 0.1) is 11.3 Å². The van der Waals surface area contributed by atoms with Gasteiger partial charge in [-0.15, -0.1) is 0 Å². The van der Waals surface area contributed by atoms with Crippen LogP contribution < -0.4 is 10.6 Å². The van der Waals surface area contributed by atoms with Crippen LogP contribution in [0.2, 0.25) is 0 Å². The first-order valence-corrected chi connectivity index (χ1v) is 5.13. The maximum atomic E-state index is 11.8. The summed E-state index contributed by atoms with van der Waals surface area (Å²) in [5, 5.41) is 6.34. The van der Waals surface area contributed by atoms with Crippen molar-refractivity contribution in [3.8, 4) is 0 Å². The lowest BCUT2D eigenvalue weighted by molar-refractivity contribution is -0.129. The molecule has 1 amide bonds. The third kappa shape index (κ3) is 1.70. The normalized spacial score (nSPS) is 43.2. The highest BCUT2D eigenvalue weighted by molar-refractivity contribution is 5.83. The molecule has 1 aliphatic carbocycles. The number of carbonyl (C=O) groups excluding carboxylic acids is 1. The van der Waals surface area contributed by atoms with Crippen molar-refractivity contribution in [3.05, 3.63) is 0 Å². The first kappa shape index (κ1) is 9.00. The second-order valence-corrected chi connectivity index (χ2v) is 4.78. The highest BCUT2D eigenvalue weighted by Gasteiger charge is 2.41. The molecule has 74 valence electrons. The molecule has 2 rings (SSSR count). The Hall–Kier alpha value is -0.570. The van der Waals surface area contributed by atoms with Crippen LogP contribution >= 0.6 is 0 Å². The van der Waals surface area contributed by atoms with E-state index in [2.05, 4.69) is 24.5 Å². The van der Waals surface area contributed by atoms with Crippen LogP contribution in [0.1, 0.15) is 26.7 Å². The maximum Gasteiger partial charge on any atom is 0.227 e. The number of hydrogen-bond donors (Lipinski definition) is 2. The lowest BCUT2D eigenvalue weighted by Gasteiger charge is -2.21. The summed E-state index contributed by atoms with van der Waals surface area (Å²) in [5.41, 5.74) is -0.150. The first-order valence-electron chi connectivity index (χ1n) is 5.13. The zero-order chi connectivity index (χ0) is 9.47. The molecule has 0 spiro atoms. The molecule has 0 aromatic heterocycles. The number of nitrogens with one attached hydrogen (secondary N) is 2. The molecule has 3 nitrogen and oxygen atoms in total. The Bertz CT molecular complexity index is 221. The molecule has 3 unspecified atom stereocenters. The Labute approximate surface area is 79.3 Å². The van der Waals surface area contributed by atoms with Gasteiger partial charge in [-0.2, -0.15) is 0 Å². The van der Waals surface area contributed by atoms with E-state index in [0.717, 1.165) is 25.9 Å². The fourth-order valence-electron chi connectivity index (χ4n) is 1.88. The topological polar surface area (TPSA) is 41.1 Å². The molecule has 0 aromatic carbocycles. The van der Waals surface area contributed by atoms with E-state index in [1.807, 2.05) is 0 Å². The standard InChI is InChI=1S/C10H18N2O/c1-7-5-8(7)12-9(13)10(2)3-4-11-6-10/h7-8,11H,3-6H2,1-2H3,(H,12,13). The molecule has 1 saturated carbocycles. The molecule has 0 radical (unpaired) electrons. The molecule has 3 heteroatoms. The minimum Gasteiger partial charge on any atom is -0.353 e. The van der Waals surface area contributed by atoms with Crippen LogP contribution in [0.4, 0.5) is 0 Å². The van der Waals surface area contributed by atoms with E-state index in [9.17, 15) is 4.79 Å². The summed E-state index contributed by atoms with van der Waals surface area (Å²) in [5.74, 6) is 0.939. The van der Waals surface area contributed by atoms with Crippen molar-refractivity contribution in [3.63, 3.8) is 0 Å². The summed E-state index contributed by atoms with van der Waals surface area (Å²) in [4.78, 5) is 11.8. The van der Waals surface area contributed by atoms with Gasteiger partial charge >= 0.3 is 0 Å². The summed E-state index contributed by atoms with van der Waals surface area (Å²) in [7, 11) is 0. The van der Waals surface area contributed by atoms with Gasteiger partial charge in [0.05, 0.1) is 5.41 Å². The zero-order valence-electron chi connectivity index (χ0n) is 8.39. The smallest absolute Gasteiger partial charge is 0.227 e. The molecular formula is C10H18N2O. The summed E-state index contributed by atoms with van der Waals surface area (Å²) in [6, 6.07) is 0.463. The molecule has 3 atom stereocenters.